The van der Waals surface area contributed by atoms with Gasteiger partial charge in [-0.05, 0) is 0 Å². The first-order chi connectivity index (χ1) is 11.6. The summed E-state index contributed by atoms with van der Waals surface area (Å²) in [5, 5.41) is 2.38. The number of rotatable bonds is 4. The topological polar surface area (TPSA) is 99.3 Å². The van der Waals surface area contributed by atoms with Crippen LogP contribution in [0.1, 0.15) is 6.42 Å². The zero-order valence-electron chi connectivity index (χ0n) is 13.3. The molecule has 5 amide bonds. The molecule has 0 radical (unpaired) electrons. The Morgan fingerprint density at radius 3 is 2.62 bits per heavy atom. The summed E-state index contributed by atoms with van der Waals surface area (Å²) < 4.78 is 5.40. The summed E-state index contributed by atoms with van der Waals surface area (Å²) in [6.07, 6.45) is 4.03. The van der Waals surface area contributed by atoms with Gasteiger partial charge in [0.1, 0.15) is 6.54 Å². The Balaban J connectivity index is 1.61. The highest BCUT2D eigenvalue weighted by Crippen LogP contribution is 2.15. The van der Waals surface area contributed by atoms with E-state index in [1.165, 1.54) is 0 Å². The number of urea groups is 1. The third kappa shape index (κ3) is 3.40. The highest BCUT2D eigenvalue weighted by Gasteiger charge is 2.35. The van der Waals surface area contributed by atoms with Gasteiger partial charge in [0.05, 0.1) is 25.8 Å². The van der Waals surface area contributed by atoms with Crippen molar-refractivity contribution >= 4 is 23.8 Å². The summed E-state index contributed by atoms with van der Waals surface area (Å²) >= 11 is 0. The Bertz CT molecular complexity index is 566. The number of carbonyl (C=O) groups is 4. The molecule has 9 nitrogen and oxygen atoms in total. The first kappa shape index (κ1) is 16.4. The zero-order chi connectivity index (χ0) is 17.1. The summed E-state index contributed by atoms with van der Waals surface area (Å²) in [7, 11) is 0. The molecule has 0 bridgehead atoms. The monoisotopic (exact) mass is 336 g/mol. The van der Waals surface area contributed by atoms with Gasteiger partial charge < -0.3 is 19.9 Å². The van der Waals surface area contributed by atoms with Crippen molar-refractivity contribution in [2.24, 2.45) is 0 Å². The van der Waals surface area contributed by atoms with Crippen LogP contribution in [0.2, 0.25) is 0 Å². The molecule has 0 aromatic carbocycles. The van der Waals surface area contributed by atoms with Crippen LogP contribution in [0.15, 0.2) is 12.2 Å². The highest BCUT2D eigenvalue weighted by molar-refractivity contribution is 6.04. The largest absolute Gasteiger partial charge is 0.377 e. The van der Waals surface area contributed by atoms with E-state index in [-0.39, 0.29) is 44.0 Å². The molecule has 0 unspecified atom stereocenters. The molecule has 0 aromatic rings. The second kappa shape index (κ2) is 7.00. The number of nitrogens with one attached hydrogen (secondary N) is 1. The first-order valence-corrected chi connectivity index (χ1v) is 7.94. The molecule has 24 heavy (non-hydrogen) atoms. The standard InChI is InChI=1S/C15H20N4O5/c20-12(17-3-1-2-4-17)7-11-10-24-6-5-18(11)14(22)9-19-13(21)8-16-15(19)23/h1-2,11H,3-10H2,(H,16,23)/t11-/m0/s1. The Hall–Kier alpha value is -2.42. The molecular formula is C15H20N4O5. The fourth-order valence-corrected chi connectivity index (χ4v) is 3.01. The molecule has 1 atom stereocenters. The van der Waals surface area contributed by atoms with Gasteiger partial charge in [-0.3, -0.25) is 19.3 Å². The maximum Gasteiger partial charge on any atom is 0.325 e. The van der Waals surface area contributed by atoms with E-state index in [4.69, 9.17) is 4.74 Å². The second-order valence-electron chi connectivity index (χ2n) is 5.93. The molecule has 3 aliphatic rings. The van der Waals surface area contributed by atoms with Gasteiger partial charge in [-0.25, -0.2) is 4.79 Å². The van der Waals surface area contributed by atoms with Crippen molar-refractivity contribution in [2.75, 3.05) is 45.9 Å². The molecule has 0 spiro atoms. The average Bonchev–Trinajstić information content (AvgIpc) is 3.21. The predicted molar refractivity (Wildman–Crippen MR) is 81.8 cm³/mol. The first-order valence-electron chi connectivity index (χ1n) is 7.94. The van der Waals surface area contributed by atoms with E-state index in [9.17, 15) is 19.2 Å². The number of hydrogen-bond donors (Lipinski definition) is 1. The van der Waals surface area contributed by atoms with Crippen LogP contribution in [0.4, 0.5) is 4.79 Å². The van der Waals surface area contributed by atoms with Gasteiger partial charge in [0, 0.05) is 26.1 Å². The lowest BCUT2D eigenvalue weighted by molar-refractivity contribution is -0.146. The lowest BCUT2D eigenvalue weighted by Gasteiger charge is -2.36. The summed E-state index contributed by atoms with van der Waals surface area (Å²) in [6.45, 7) is 1.78. The number of carbonyl (C=O) groups excluding carboxylic acids is 4. The normalized spacial score (nSPS) is 23.8. The molecule has 9 heteroatoms. The number of hydrogen-bond acceptors (Lipinski definition) is 5. The van der Waals surface area contributed by atoms with Crippen LogP contribution in [0.5, 0.6) is 0 Å². The van der Waals surface area contributed by atoms with Gasteiger partial charge >= 0.3 is 6.03 Å². The van der Waals surface area contributed by atoms with Crippen molar-refractivity contribution in [3.63, 3.8) is 0 Å². The van der Waals surface area contributed by atoms with E-state index in [0.717, 1.165) is 4.90 Å². The third-order valence-corrected chi connectivity index (χ3v) is 4.36. The number of ether oxygens (including phenoxy) is 1. The minimum atomic E-state index is -0.558. The fourth-order valence-electron chi connectivity index (χ4n) is 3.01. The van der Waals surface area contributed by atoms with Crippen molar-refractivity contribution in [3.05, 3.63) is 12.2 Å². The third-order valence-electron chi connectivity index (χ3n) is 4.36. The van der Waals surface area contributed by atoms with E-state index in [0.29, 0.717) is 26.2 Å². The smallest absolute Gasteiger partial charge is 0.325 e. The van der Waals surface area contributed by atoms with Gasteiger partial charge in [-0.1, -0.05) is 12.2 Å². The van der Waals surface area contributed by atoms with E-state index >= 15 is 0 Å². The van der Waals surface area contributed by atoms with Crippen LogP contribution in [0.3, 0.4) is 0 Å². The van der Waals surface area contributed by atoms with Crippen LogP contribution in [-0.2, 0) is 19.1 Å². The minimum Gasteiger partial charge on any atom is -0.377 e. The quantitative estimate of drug-likeness (QED) is 0.500. The molecule has 2 fully saturated rings. The van der Waals surface area contributed by atoms with Gasteiger partial charge in [0.2, 0.25) is 11.8 Å². The Labute approximate surface area is 139 Å². The van der Waals surface area contributed by atoms with Crippen molar-refractivity contribution in [1.82, 2.24) is 20.0 Å². The van der Waals surface area contributed by atoms with Crippen molar-refractivity contribution in [3.8, 4) is 0 Å². The second-order valence-corrected chi connectivity index (χ2v) is 5.93. The van der Waals surface area contributed by atoms with E-state index in [1.54, 1.807) is 9.80 Å². The van der Waals surface area contributed by atoms with Crippen molar-refractivity contribution < 1.29 is 23.9 Å². The number of imide groups is 1. The Morgan fingerprint density at radius 1 is 1.21 bits per heavy atom. The maximum atomic E-state index is 12.5. The fraction of sp³-hybridized carbons (Fsp3) is 0.600. The van der Waals surface area contributed by atoms with Crippen molar-refractivity contribution in [2.45, 2.75) is 12.5 Å². The molecule has 0 saturated carbocycles. The van der Waals surface area contributed by atoms with E-state index in [2.05, 4.69) is 5.32 Å². The molecule has 3 aliphatic heterocycles. The Kier molecular flexibility index (Phi) is 4.79. The molecule has 1 N–H and O–H groups in total. The summed E-state index contributed by atoms with van der Waals surface area (Å²) in [4.78, 5) is 52.1. The lowest BCUT2D eigenvalue weighted by Crippen LogP contribution is -2.53. The number of morpholine rings is 1. The molecule has 2 saturated heterocycles. The summed E-state index contributed by atoms with van der Waals surface area (Å²) in [5.74, 6) is -0.804. The maximum absolute atomic E-state index is 12.5. The molecule has 3 rings (SSSR count). The van der Waals surface area contributed by atoms with E-state index in [1.807, 2.05) is 12.2 Å². The highest BCUT2D eigenvalue weighted by atomic mass is 16.5. The molecule has 0 aliphatic carbocycles. The average molecular weight is 336 g/mol. The molecule has 0 aromatic heterocycles. The van der Waals surface area contributed by atoms with Crippen molar-refractivity contribution in [1.29, 1.82) is 0 Å². The van der Waals surface area contributed by atoms with Gasteiger partial charge in [-0.15, -0.1) is 0 Å². The lowest BCUT2D eigenvalue weighted by atomic mass is 10.1. The van der Waals surface area contributed by atoms with Gasteiger partial charge in [-0.2, -0.15) is 0 Å². The molecule has 130 valence electrons. The minimum absolute atomic E-state index is 0.0386. The molecule has 3 heterocycles. The SMILES string of the molecule is O=C(C[C@H]1COCCN1C(=O)CN1C(=O)CNC1=O)N1CC=CC1. The van der Waals surface area contributed by atoms with Gasteiger partial charge in [0.15, 0.2) is 0 Å². The Morgan fingerprint density at radius 2 is 1.96 bits per heavy atom. The van der Waals surface area contributed by atoms with Crippen LogP contribution < -0.4 is 5.32 Å². The van der Waals surface area contributed by atoms with E-state index < -0.39 is 11.9 Å². The summed E-state index contributed by atoms with van der Waals surface area (Å²) in [6, 6.07) is -0.933. The van der Waals surface area contributed by atoms with Gasteiger partial charge in [0.25, 0.3) is 5.91 Å². The number of amides is 5. The van der Waals surface area contributed by atoms with Crippen LogP contribution in [0.25, 0.3) is 0 Å². The summed E-state index contributed by atoms with van der Waals surface area (Å²) in [5.41, 5.74) is 0. The van der Waals surface area contributed by atoms with Crippen LogP contribution in [-0.4, -0.2) is 90.4 Å². The zero-order valence-corrected chi connectivity index (χ0v) is 13.3. The van der Waals surface area contributed by atoms with Crippen LogP contribution >= 0.6 is 0 Å². The van der Waals surface area contributed by atoms with Crippen LogP contribution in [0, 0.1) is 0 Å². The number of nitrogens with zero attached hydrogens (tertiary/aromatic N) is 3. The molecular weight excluding hydrogens is 316 g/mol. The predicted octanol–water partition coefficient (Wildman–Crippen LogP) is -1.45.